The first kappa shape index (κ1) is 18.1. The van der Waals surface area contributed by atoms with Gasteiger partial charge in [-0.1, -0.05) is 30.3 Å². The van der Waals surface area contributed by atoms with Crippen LogP contribution in [-0.2, 0) is 6.42 Å². The van der Waals surface area contributed by atoms with E-state index in [0.29, 0.717) is 5.92 Å². The quantitative estimate of drug-likeness (QED) is 0.909. The lowest BCUT2D eigenvalue weighted by atomic mass is 9.87. The van der Waals surface area contributed by atoms with Crippen LogP contribution >= 0.6 is 0 Å². The number of likely N-dealkylation sites (tertiary alicyclic amines) is 2. The maximum atomic E-state index is 13.3. The Balaban J connectivity index is 1.59. The highest BCUT2D eigenvalue weighted by Crippen LogP contribution is 2.28. The summed E-state index contributed by atoms with van der Waals surface area (Å²) in [6, 6.07) is 10.2. The van der Waals surface area contributed by atoms with E-state index in [1.165, 1.54) is 10.5 Å². The number of nitrogens with one attached hydrogen (secondary N) is 1. The van der Waals surface area contributed by atoms with Crippen LogP contribution in [0, 0.1) is 5.92 Å². The number of carbonyl (C=O) groups is 1. The van der Waals surface area contributed by atoms with E-state index in [0.717, 1.165) is 25.9 Å². The van der Waals surface area contributed by atoms with Gasteiger partial charge in [0.2, 0.25) is 0 Å². The van der Waals surface area contributed by atoms with Crippen molar-refractivity contribution in [2.24, 2.45) is 5.92 Å². The molecule has 0 radical (unpaired) electrons. The summed E-state index contributed by atoms with van der Waals surface area (Å²) in [6.07, 6.45) is 1.33. The molecule has 1 aromatic rings. The minimum Gasteiger partial charge on any atom is -0.335 e. The number of nitrogens with zero attached hydrogens (tertiary/aromatic N) is 2. The van der Waals surface area contributed by atoms with Gasteiger partial charge >= 0.3 is 6.03 Å². The molecule has 1 N–H and O–H groups in total. The number of urea groups is 1. The molecular weight excluding hydrogens is 324 g/mol. The SMILES string of the molecule is CN1CC[C@@H](NC(=O)N2CCC(F)(F)CC2)[C@@H](Cc2ccccc2)C1. The minimum atomic E-state index is -2.62. The Labute approximate surface area is 148 Å². The van der Waals surface area contributed by atoms with Crippen LogP contribution in [0.4, 0.5) is 13.6 Å². The van der Waals surface area contributed by atoms with Crippen molar-refractivity contribution in [3.05, 3.63) is 35.9 Å². The number of hydrogen-bond donors (Lipinski definition) is 1. The largest absolute Gasteiger partial charge is 0.335 e. The van der Waals surface area contributed by atoms with Gasteiger partial charge in [-0.2, -0.15) is 0 Å². The molecule has 2 heterocycles. The molecule has 3 rings (SSSR count). The van der Waals surface area contributed by atoms with E-state index in [4.69, 9.17) is 0 Å². The van der Waals surface area contributed by atoms with Crippen molar-refractivity contribution in [2.45, 2.75) is 37.6 Å². The highest BCUT2D eigenvalue weighted by molar-refractivity contribution is 5.74. The van der Waals surface area contributed by atoms with Gasteiger partial charge in [-0.05, 0) is 37.9 Å². The minimum absolute atomic E-state index is 0.0892. The Morgan fingerprint density at radius 2 is 1.88 bits per heavy atom. The van der Waals surface area contributed by atoms with Crippen LogP contribution in [0.3, 0.4) is 0 Å². The maximum Gasteiger partial charge on any atom is 0.317 e. The zero-order valence-electron chi connectivity index (χ0n) is 14.8. The molecule has 0 aliphatic carbocycles. The summed E-state index contributed by atoms with van der Waals surface area (Å²) >= 11 is 0. The predicted octanol–water partition coefficient (Wildman–Crippen LogP) is 2.99. The zero-order valence-corrected chi connectivity index (χ0v) is 14.8. The zero-order chi connectivity index (χ0) is 17.9. The normalized spacial score (nSPS) is 27.1. The fourth-order valence-corrected chi connectivity index (χ4v) is 3.81. The molecule has 25 heavy (non-hydrogen) atoms. The Hall–Kier alpha value is -1.69. The molecule has 2 aliphatic heterocycles. The van der Waals surface area contributed by atoms with E-state index in [1.54, 1.807) is 0 Å². The number of carbonyl (C=O) groups excluding carboxylic acids is 1. The third kappa shape index (κ3) is 4.91. The van der Waals surface area contributed by atoms with E-state index in [2.05, 4.69) is 29.4 Å². The maximum absolute atomic E-state index is 13.3. The van der Waals surface area contributed by atoms with Gasteiger partial charge in [-0.15, -0.1) is 0 Å². The predicted molar refractivity (Wildman–Crippen MR) is 93.8 cm³/mol. The molecule has 0 spiro atoms. The number of alkyl halides is 2. The summed E-state index contributed by atoms with van der Waals surface area (Å²) in [5.74, 6) is -2.29. The van der Waals surface area contributed by atoms with Gasteiger partial charge in [0.25, 0.3) is 5.92 Å². The molecule has 2 aliphatic rings. The van der Waals surface area contributed by atoms with Crippen molar-refractivity contribution in [3.8, 4) is 0 Å². The number of rotatable bonds is 3. The molecule has 2 saturated heterocycles. The van der Waals surface area contributed by atoms with Crippen LogP contribution < -0.4 is 5.32 Å². The summed E-state index contributed by atoms with van der Waals surface area (Å²) in [5.41, 5.74) is 1.26. The highest BCUT2D eigenvalue weighted by atomic mass is 19.3. The van der Waals surface area contributed by atoms with Gasteiger partial charge in [-0.25, -0.2) is 13.6 Å². The first-order valence-electron chi connectivity index (χ1n) is 9.09. The second-order valence-electron chi connectivity index (χ2n) is 7.40. The number of halogens is 2. The molecule has 1 aromatic carbocycles. The molecule has 2 fully saturated rings. The summed E-state index contributed by atoms with van der Waals surface area (Å²) in [5, 5.41) is 3.12. The molecule has 4 nitrogen and oxygen atoms in total. The van der Waals surface area contributed by atoms with Crippen LogP contribution in [-0.4, -0.2) is 61.0 Å². The van der Waals surface area contributed by atoms with Crippen molar-refractivity contribution >= 4 is 6.03 Å². The summed E-state index contributed by atoms with van der Waals surface area (Å²) in [4.78, 5) is 16.3. The van der Waals surface area contributed by atoms with E-state index < -0.39 is 5.92 Å². The Morgan fingerprint density at radius 3 is 2.56 bits per heavy atom. The van der Waals surface area contributed by atoms with Gasteiger partial charge < -0.3 is 15.1 Å². The van der Waals surface area contributed by atoms with Crippen LogP contribution in [0.1, 0.15) is 24.8 Å². The van der Waals surface area contributed by atoms with E-state index in [9.17, 15) is 13.6 Å². The van der Waals surface area contributed by atoms with Crippen molar-refractivity contribution in [1.82, 2.24) is 15.1 Å². The number of amides is 2. The Morgan fingerprint density at radius 1 is 1.20 bits per heavy atom. The summed E-state index contributed by atoms with van der Waals surface area (Å²) in [7, 11) is 2.10. The molecule has 0 bridgehead atoms. The fourth-order valence-electron chi connectivity index (χ4n) is 3.81. The number of benzene rings is 1. The van der Waals surface area contributed by atoms with Crippen molar-refractivity contribution in [1.29, 1.82) is 0 Å². The first-order valence-corrected chi connectivity index (χ1v) is 9.09. The lowest BCUT2D eigenvalue weighted by Gasteiger charge is -2.39. The van der Waals surface area contributed by atoms with E-state index >= 15 is 0 Å². The summed E-state index contributed by atoms with van der Waals surface area (Å²) < 4.78 is 26.6. The van der Waals surface area contributed by atoms with Crippen molar-refractivity contribution < 1.29 is 13.6 Å². The Kier molecular flexibility index (Phi) is 5.57. The number of piperidine rings is 2. The molecule has 138 valence electrons. The van der Waals surface area contributed by atoms with E-state index in [1.807, 2.05) is 18.2 Å². The summed E-state index contributed by atoms with van der Waals surface area (Å²) in [6.45, 7) is 2.13. The van der Waals surface area contributed by atoms with Crippen molar-refractivity contribution in [3.63, 3.8) is 0 Å². The molecule has 0 aromatic heterocycles. The molecule has 6 heteroatoms. The topological polar surface area (TPSA) is 35.6 Å². The van der Waals surface area contributed by atoms with Crippen LogP contribution in [0.5, 0.6) is 0 Å². The fraction of sp³-hybridized carbons (Fsp3) is 0.632. The van der Waals surface area contributed by atoms with E-state index in [-0.39, 0.29) is 38.0 Å². The third-order valence-electron chi connectivity index (χ3n) is 5.37. The third-order valence-corrected chi connectivity index (χ3v) is 5.37. The van der Waals surface area contributed by atoms with Gasteiger partial charge in [0.1, 0.15) is 0 Å². The molecule has 2 amide bonds. The van der Waals surface area contributed by atoms with Crippen molar-refractivity contribution in [2.75, 3.05) is 33.2 Å². The smallest absolute Gasteiger partial charge is 0.317 e. The second kappa shape index (κ2) is 7.68. The van der Waals surface area contributed by atoms with Gasteiger partial charge in [0.15, 0.2) is 0 Å². The molecule has 0 unspecified atom stereocenters. The number of hydrogen-bond acceptors (Lipinski definition) is 2. The second-order valence-corrected chi connectivity index (χ2v) is 7.40. The van der Waals surface area contributed by atoms with Crippen LogP contribution in [0.2, 0.25) is 0 Å². The lowest BCUT2D eigenvalue weighted by Crippen LogP contribution is -2.55. The monoisotopic (exact) mass is 351 g/mol. The average Bonchev–Trinajstić information content (AvgIpc) is 2.58. The first-order chi connectivity index (χ1) is 11.9. The highest BCUT2D eigenvalue weighted by Gasteiger charge is 2.37. The van der Waals surface area contributed by atoms with Gasteiger partial charge in [0.05, 0.1) is 0 Å². The molecule has 0 saturated carbocycles. The Bertz CT molecular complexity index is 571. The van der Waals surface area contributed by atoms with Gasteiger partial charge in [-0.3, -0.25) is 0 Å². The molecular formula is C19H27F2N3O. The average molecular weight is 351 g/mol. The van der Waals surface area contributed by atoms with Crippen LogP contribution in [0.25, 0.3) is 0 Å². The molecule has 2 atom stereocenters. The standard InChI is InChI=1S/C19H27F2N3O/c1-23-10-7-17(16(14-23)13-15-5-3-2-4-6-15)22-18(25)24-11-8-19(20,21)9-12-24/h2-6,16-17H,7-14H2,1H3,(H,22,25)/t16-,17+/m0/s1. The van der Waals surface area contributed by atoms with Gasteiger partial charge in [0, 0.05) is 38.5 Å². The lowest BCUT2D eigenvalue weighted by molar-refractivity contribution is -0.0473. The van der Waals surface area contributed by atoms with Crippen LogP contribution in [0.15, 0.2) is 30.3 Å².